The van der Waals surface area contributed by atoms with Gasteiger partial charge in [0.05, 0.1) is 33.8 Å². The van der Waals surface area contributed by atoms with E-state index in [1.54, 1.807) is 0 Å². The summed E-state index contributed by atoms with van der Waals surface area (Å²) in [6.07, 6.45) is 8.24. The van der Waals surface area contributed by atoms with Crippen LogP contribution >= 0.6 is 0 Å². The number of fused-ring (bicyclic) bond motifs is 11. The summed E-state index contributed by atoms with van der Waals surface area (Å²) in [7, 11) is 0. The molecule has 31 heavy (non-hydrogen) atoms. The van der Waals surface area contributed by atoms with Gasteiger partial charge < -0.3 is 15.0 Å². The molecule has 4 aromatic heterocycles. The fourth-order valence-corrected chi connectivity index (χ4v) is 4.06. The van der Waals surface area contributed by atoms with Crippen LogP contribution in [0.1, 0.15) is 33.9 Å². The van der Waals surface area contributed by atoms with Crippen molar-refractivity contribution < 1.29 is 0 Å². The van der Waals surface area contributed by atoms with Crippen molar-refractivity contribution in [2.45, 2.75) is 13.8 Å². The summed E-state index contributed by atoms with van der Waals surface area (Å²) >= 11 is 0. The van der Waals surface area contributed by atoms with Crippen molar-refractivity contribution >= 4 is 57.4 Å². The SMILES string of the molecule is Cc1c2nc(cc3ccc([nH]3)c3ccc(cc4ccc([nH]4)c(C)c4nc1C=C4)[nH]3)C=C2. The third-order valence-electron chi connectivity index (χ3n) is 5.89. The average molecular weight is 403 g/mol. The second-order valence-electron chi connectivity index (χ2n) is 7.99. The normalized spacial score (nSPS) is 12.6. The van der Waals surface area contributed by atoms with Gasteiger partial charge in [0.2, 0.25) is 0 Å². The highest BCUT2D eigenvalue weighted by molar-refractivity contribution is 5.83. The highest BCUT2D eigenvalue weighted by Gasteiger charge is 2.09. The molecule has 0 radical (unpaired) electrons. The summed E-state index contributed by atoms with van der Waals surface area (Å²) in [4.78, 5) is 20.1. The standard InChI is InChI=1S/C26H21N5/c1-15-21-7-3-17(27-21)13-19-5-9-25(29-19)26-10-6-20(30-26)14-18-4-8-22(28-18)16(2)24-12-11-23(15)31-24/h3-14,27,29-30H,1-2H3. The van der Waals surface area contributed by atoms with E-state index < -0.39 is 0 Å². The summed E-state index contributed by atoms with van der Waals surface area (Å²) in [5.74, 6) is 0. The number of aromatic nitrogens is 5. The van der Waals surface area contributed by atoms with Crippen molar-refractivity contribution in [3.05, 3.63) is 82.4 Å². The van der Waals surface area contributed by atoms with Crippen LogP contribution in [0.15, 0.2) is 48.5 Å². The molecule has 0 atom stereocenters. The molecule has 0 aromatic carbocycles. The fourth-order valence-electron chi connectivity index (χ4n) is 4.06. The van der Waals surface area contributed by atoms with Gasteiger partial charge in [0.15, 0.2) is 0 Å². The van der Waals surface area contributed by atoms with E-state index in [0.717, 1.165) is 67.0 Å². The second-order valence-corrected chi connectivity index (χ2v) is 7.99. The van der Waals surface area contributed by atoms with Crippen molar-refractivity contribution in [3.63, 3.8) is 0 Å². The molecule has 0 unspecified atom stereocenters. The molecule has 0 saturated heterocycles. The van der Waals surface area contributed by atoms with E-state index in [4.69, 9.17) is 9.97 Å². The van der Waals surface area contributed by atoms with Gasteiger partial charge in [-0.3, -0.25) is 0 Å². The lowest BCUT2D eigenvalue weighted by Crippen LogP contribution is -1.87. The van der Waals surface area contributed by atoms with E-state index in [2.05, 4.69) is 95.6 Å². The smallest absolute Gasteiger partial charge is 0.0688 e. The minimum absolute atomic E-state index is 0.925. The van der Waals surface area contributed by atoms with E-state index >= 15 is 0 Å². The first-order valence-corrected chi connectivity index (χ1v) is 10.4. The molecule has 4 aromatic rings. The van der Waals surface area contributed by atoms with Gasteiger partial charge in [-0.1, -0.05) is 0 Å². The number of aryl methyl sites for hydroxylation is 1. The van der Waals surface area contributed by atoms with Crippen molar-refractivity contribution in [1.82, 2.24) is 24.9 Å². The molecular weight excluding hydrogens is 382 g/mol. The maximum Gasteiger partial charge on any atom is 0.0688 e. The van der Waals surface area contributed by atoms with Crippen LogP contribution in [0.5, 0.6) is 0 Å². The highest BCUT2D eigenvalue weighted by Crippen LogP contribution is 2.23. The van der Waals surface area contributed by atoms with E-state index in [0.29, 0.717) is 0 Å². The molecular formula is C26H21N5. The minimum Gasteiger partial charge on any atom is -0.355 e. The minimum atomic E-state index is 0.925. The third-order valence-corrected chi connectivity index (χ3v) is 5.89. The van der Waals surface area contributed by atoms with Gasteiger partial charge in [-0.2, -0.15) is 0 Å². The molecule has 3 N–H and O–H groups in total. The Bertz CT molecular complexity index is 1610. The third kappa shape index (κ3) is 3.11. The van der Waals surface area contributed by atoms with Gasteiger partial charge in [0, 0.05) is 27.6 Å². The van der Waals surface area contributed by atoms with Crippen LogP contribution in [0.25, 0.3) is 57.4 Å². The van der Waals surface area contributed by atoms with Gasteiger partial charge in [-0.15, -0.1) is 0 Å². The second kappa shape index (κ2) is 6.71. The molecule has 0 saturated carbocycles. The van der Waals surface area contributed by atoms with Crippen molar-refractivity contribution in [1.29, 1.82) is 0 Å². The van der Waals surface area contributed by atoms with Crippen LogP contribution in [0, 0.1) is 13.8 Å². The maximum atomic E-state index is 4.87. The Labute approximate surface area is 178 Å². The fraction of sp³-hybridized carbons (Fsp3) is 0.0769. The summed E-state index contributed by atoms with van der Waals surface area (Å²) in [5.41, 5.74) is 12.3. The van der Waals surface area contributed by atoms with E-state index in [-0.39, 0.29) is 0 Å². The van der Waals surface area contributed by atoms with Gasteiger partial charge in [0.25, 0.3) is 0 Å². The Kier molecular flexibility index (Phi) is 3.83. The summed E-state index contributed by atoms with van der Waals surface area (Å²) in [6.45, 7) is 4.18. The number of hydrogen-bond acceptors (Lipinski definition) is 2. The number of nitrogens with one attached hydrogen (secondary N) is 3. The first kappa shape index (κ1) is 17.7. The van der Waals surface area contributed by atoms with Crippen molar-refractivity contribution in [2.24, 2.45) is 0 Å². The maximum absolute atomic E-state index is 4.87. The van der Waals surface area contributed by atoms with Crippen LogP contribution < -0.4 is 0 Å². The lowest BCUT2D eigenvalue weighted by atomic mass is 10.2. The molecule has 6 heterocycles. The number of rotatable bonds is 0. The molecule has 5 heteroatoms. The molecule has 0 fully saturated rings. The first-order valence-electron chi connectivity index (χ1n) is 10.4. The Morgan fingerprint density at radius 1 is 0.516 bits per heavy atom. The molecule has 10 bridgehead atoms. The monoisotopic (exact) mass is 403 g/mol. The van der Waals surface area contributed by atoms with Gasteiger partial charge in [-0.25, -0.2) is 9.97 Å². The van der Waals surface area contributed by atoms with Gasteiger partial charge in [-0.05, 0) is 92.2 Å². The molecule has 6 rings (SSSR count). The summed E-state index contributed by atoms with van der Waals surface area (Å²) in [5, 5.41) is 0. The zero-order chi connectivity index (χ0) is 20.9. The molecule has 2 aliphatic heterocycles. The summed E-state index contributed by atoms with van der Waals surface area (Å²) < 4.78 is 0. The number of aromatic amines is 3. The van der Waals surface area contributed by atoms with E-state index in [1.807, 2.05) is 6.08 Å². The summed E-state index contributed by atoms with van der Waals surface area (Å²) in [6, 6.07) is 16.7. The molecule has 0 aliphatic carbocycles. The Hall–Kier alpha value is -4.12. The zero-order valence-corrected chi connectivity index (χ0v) is 17.3. The Morgan fingerprint density at radius 3 is 1.74 bits per heavy atom. The van der Waals surface area contributed by atoms with E-state index in [9.17, 15) is 0 Å². The predicted molar refractivity (Wildman–Crippen MR) is 129 cm³/mol. The first-order chi connectivity index (χ1) is 15.1. The number of H-pyrrole nitrogens is 3. The molecule has 5 nitrogen and oxygen atoms in total. The zero-order valence-electron chi connectivity index (χ0n) is 17.3. The highest BCUT2D eigenvalue weighted by atomic mass is 14.8. The number of nitrogens with zero attached hydrogens (tertiary/aromatic N) is 2. The molecule has 0 spiro atoms. The topological polar surface area (TPSA) is 73.2 Å². The number of hydrogen-bond donors (Lipinski definition) is 3. The quantitative estimate of drug-likeness (QED) is 0.278. The largest absolute Gasteiger partial charge is 0.355 e. The van der Waals surface area contributed by atoms with Crippen LogP contribution in [0.4, 0.5) is 0 Å². The van der Waals surface area contributed by atoms with Crippen LogP contribution in [0.2, 0.25) is 0 Å². The average Bonchev–Trinajstić information content (AvgIpc) is 3.57. The van der Waals surface area contributed by atoms with Gasteiger partial charge in [0.1, 0.15) is 0 Å². The lowest BCUT2D eigenvalue weighted by molar-refractivity contribution is 1.20. The van der Waals surface area contributed by atoms with Crippen molar-refractivity contribution in [3.8, 4) is 0 Å². The van der Waals surface area contributed by atoms with Crippen LogP contribution in [-0.2, 0) is 0 Å². The van der Waals surface area contributed by atoms with Crippen LogP contribution in [0.3, 0.4) is 0 Å². The molecule has 150 valence electrons. The Balaban J connectivity index is 1.71. The van der Waals surface area contributed by atoms with Crippen LogP contribution in [-0.4, -0.2) is 24.9 Å². The van der Waals surface area contributed by atoms with Gasteiger partial charge >= 0.3 is 0 Å². The van der Waals surface area contributed by atoms with E-state index in [1.165, 1.54) is 0 Å². The molecule has 2 aliphatic rings. The van der Waals surface area contributed by atoms with Crippen molar-refractivity contribution in [2.75, 3.05) is 0 Å². The Morgan fingerprint density at radius 2 is 1.03 bits per heavy atom. The predicted octanol–water partition coefficient (Wildman–Crippen LogP) is 6.32. The molecule has 0 amide bonds. The lowest BCUT2D eigenvalue weighted by Gasteiger charge is -1.95.